The summed E-state index contributed by atoms with van der Waals surface area (Å²) in [5.41, 5.74) is -0.494. The van der Waals surface area contributed by atoms with Crippen LogP contribution in [0.15, 0.2) is 60.8 Å². The van der Waals surface area contributed by atoms with Crippen molar-refractivity contribution in [3.8, 4) is 0 Å². The molecule has 2 aromatic carbocycles. The molecule has 0 aliphatic carbocycles. The van der Waals surface area contributed by atoms with Gasteiger partial charge in [0.1, 0.15) is 17.7 Å². The summed E-state index contributed by atoms with van der Waals surface area (Å²) in [7, 11) is 0. The summed E-state index contributed by atoms with van der Waals surface area (Å²) >= 11 is 0. The molecule has 1 heterocycles. The first-order valence-electron chi connectivity index (χ1n) is 7.64. The summed E-state index contributed by atoms with van der Waals surface area (Å²) in [6.45, 7) is -0.386. The van der Waals surface area contributed by atoms with Crippen molar-refractivity contribution in [2.75, 3.05) is 0 Å². The third kappa shape index (κ3) is 3.90. The van der Waals surface area contributed by atoms with E-state index in [4.69, 9.17) is 0 Å². The van der Waals surface area contributed by atoms with Crippen molar-refractivity contribution in [3.05, 3.63) is 77.8 Å². The number of halogens is 4. The van der Waals surface area contributed by atoms with E-state index in [1.165, 1.54) is 0 Å². The SMILES string of the molecule is O=C(NCc1ccc(F)cc1C(F)(F)F)NC1=[N+](c2ccccc2)C=C1. The summed E-state index contributed by atoms with van der Waals surface area (Å²) in [6.07, 6.45) is -1.30. The first-order chi connectivity index (χ1) is 12.3. The zero-order valence-corrected chi connectivity index (χ0v) is 13.3. The van der Waals surface area contributed by atoms with Crippen LogP contribution in [0.2, 0.25) is 0 Å². The maximum atomic E-state index is 13.1. The minimum atomic E-state index is -4.70. The van der Waals surface area contributed by atoms with E-state index in [1.807, 2.05) is 30.3 Å². The minimum Gasteiger partial charge on any atom is -0.314 e. The average molecular weight is 364 g/mol. The lowest BCUT2D eigenvalue weighted by Crippen LogP contribution is -2.43. The first-order valence-corrected chi connectivity index (χ1v) is 7.64. The van der Waals surface area contributed by atoms with Gasteiger partial charge in [0.15, 0.2) is 0 Å². The second-order valence-electron chi connectivity index (χ2n) is 5.51. The number of amides is 2. The molecule has 2 amide bonds. The van der Waals surface area contributed by atoms with Gasteiger partial charge in [0.2, 0.25) is 0 Å². The van der Waals surface area contributed by atoms with Crippen molar-refractivity contribution < 1.29 is 26.9 Å². The summed E-state index contributed by atoms with van der Waals surface area (Å²) in [5, 5.41) is 4.90. The van der Waals surface area contributed by atoms with Crippen LogP contribution < -0.4 is 10.6 Å². The van der Waals surface area contributed by atoms with E-state index in [0.29, 0.717) is 11.9 Å². The van der Waals surface area contributed by atoms with Crippen LogP contribution in [0.4, 0.5) is 28.0 Å². The second-order valence-corrected chi connectivity index (χ2v) is 5.51. The molecule has 26 heavy (non-hydrogen) atoms. The van der Waals surface area contributed by atoms with Gasteiger partial charge in [-0.2, -0.15) is 23.1 Å². The molecule has 0 saturated heterocycles. The van der Waals surface area contributed by atoms with Crippen LogP contribution in [0.25, 0.3) is 0 Å². The lowest BCUT2D eigenvalue weighted by molar-refractivity contribution is -0.373. The molecule has 3 rings (SSSR count). The number of hydrogen-bond donors (Lipinski definition) is 2. The topological polar surface area (TPSA) is 44.1 Å². The van der Waals surface area contributed by atoms with Gasteiger partial charge in [-0.3, -0.25) is 0 Å². The molecule has 2 aromatic rings. The van der Waals surface area contributed by atoms with Crippen molar-refractivity contribution >= 4 is 17.6 Å². The van der Waals surface area contributed by atoms with E-state index < -0.39 is 23.6 Å². The molecule has 0 spiro atoms. The number of amidine groups is 1. The van der Waals surface area contributed by atoms with Crippen LogP contribution in [0, 0.1) is 5.82 Å². The number of para-hydroxylation sites is 1. The molecule has 0 atom stereocenters. The van der Waals surface area contributed by atoms with E-state index >= 15 is 0 Å². The standard InChI is InChI=1S/C18H13F4N3O/c19-13-7-6-12(15(10-13)18(20,21)22)11-23-17(26)24-16-8-9-25(16)14-4-2-1-3-5-14/h1-10H,11H2,(H,23,26)/p+1. The van der Waals surface area contributed by atoms with E-state index in [1.54, 1.807) is 16.9 Å². The third-order valence-electron chi connectivity index (χ3n) is 3.73. The smallest absolute Gasteiger partial charge is 0.314 e. The van der Waals surface area contributed by atoms with Gasteiger partial charge in [-0.15, -0.1) is 0 Å². The summed E-state index contributed by atoms with van der Waals surface area (Å²) in [6, 6.07) is 10.9. The van der Waals surface area contributed by atoms with Gasteiger partial charge in [-0.25, -0.2) is 9.18 Å². The van der Waals surface area contributed by atoms with Crippen LogP contribution >= 0.6 is 0 Å². The molecule has 4 nitrogen and oxygen atoms in total. The Hall–Kier alpha value is -3.16. The van der Waals surface area contributed by atoms with Crippen molar-refractivity contribution in [1.82, 2.24) is 10.6 Å². The lowest BCUT2D eigenvalue weighted by Gasteiger charge is -2.14. The number of alkyl halides is 3. The number of hydrogen-bond acceptors (Lipinski definition) is 1. The zero-order chi connectivity index (χ0) is 18.7. The molecular weight excluding hydrogens is 350 g/mol. The third-order valence-corrected chi connectivity index (χ3v) is 3.73. The fourth-order valence-corrected chi connectivity index (χ4v) is 2.44. The maximum Gasteiger partial charge on any atom is 0.416 e. The number of rotatable bonds is 3. The maximum absolute atomic E-state index is 13.1. The molecule has 0 unspecified atom stereocenters. The van der Waals surface area contributed by atoms with Crippen LogP contribution in [0.3, 0.4) is 0 Å². The van der Waals surface area contributed by atoms with Crippen molar-refractivity contribution in [2.45, 2.75) is 12.7 Å². The van der Waals surface area contributed by atoms with Crippen molar-refractivity contribution in [3.63, 3.8) is 0 Å². The fourth-order valence-electron chi connectivity index (χ4n) is 2.44. The molecule has 1 aliphatic heterocycles. The van der Waals surface area contributed by atoms with E-state index in [0.717, 1.165) is 17.8 Å². The summed E-state index contributed by atoms with van der Waals surface area (Å²) in [5.74, 6) is -0.497. The molecule has 0 saturated carbocycles. The van der Waals surface area contributed by atoms with Gasteiger partial charge in [-0.1, -0.05) is 24.3 Å². The average Bonchev–Trinajstić information content (AvgIpc) is 2.58. The van der Waals surface area contributed by atoms with E-state index in [2.05, 4.69) is 10.6 Å². The zero-order valence-electron chi connectivity index (χ0n) is 13.3. The normalized spacial score (nSPS) is 13.4. The van der Waals surface area contributed by atoms with Gasteiger partial charge >= 0.3 is 12.2 Å². The summed E-state index contributed by atoms with van der Waals surface area (Å²) in [4.78, 5) is 12.0. The summed E-state index contributed by atoms with van der Waals surface area (Å²) < 4.78 is 53.7. The van der Waals surface area contributed by atoms with Gasteiger partial charge < -0.3 is 5.32 Å². The molecule has 0 radical (unpaired) electrons. The van der Waals surface area contributed by atoms with Crippen LogP contribution in [-0.4, -0.2) is 16.4 Å². The second kappa shape index (κ2) is 6.99. The lowest BCUT2D eigenvalue weighted by atomic mass is 10.1. The van der Waals surface area contributed by atoms with Crippen LogP contribution in [0.5, 0.6) is 0 Å². The van der Waals surface area contributed by atoms with Crippen LogP contribution in [-0.2, 0) is 12.7 Å². The number of nitrogens with zero attached hydrogens (tertiary/aromatic N) is 1. The number of urea groups is 1. The van der Waals surface area contributed by atoms with Gasteiger partial charge in [0, 0.05) is 6.54 Å². The van der Waals surface area contributed by atoms with Gasteiger partial charge in [-0.05, 0) is 29.8 Å². The fraction of sp³-hybridized carbons (Fsp3) is 0.111. The Morgan fingerprint density at radius 3 is 2.42 bits per heavy atom. The van der Waals surface area contributed by atoms with E-state index in [9.17, 15) is 22.4 Å². The highest BCUT2D eigenvalue weighted by molar-refractivity contribution is 6.03. The molecule has 1 aliphatic rings. The Labute approximate surface area is 146 Å². The Morgan fingerprint density at radius 1 is 1.08 bits per heavy atom. The number of nitrogens with one attached hydrogen (secondary N) is 2. The Kier molecular flexibility index (Phi) is 4.75. The predicted molar refractivity (Wildman–Crippen MR) is 87.3 cm³/mol. The molecule has 2 N–H and O–H groups in total. The Morgan fingerprint density at radius 2 is 1.81 bits per heavy atom. The van der Waals surface area contributed by atoms with Gasteiger partial charge in [0.05, 0.1) is 11.6 Å². The molecule has 134 valence electrons. The number of carbonyl (C=O) groups excluding carboxylic acids is 1. The van der Waals surface area contributed by atoms with Crippen molar-refractivity contribution in [2.24, 2.45) is 0 Å². The molecule has 0 aromatic heterocycles. The quantitative estimate of drug-likeness (QED) is 0.629. The van der Waals surface area contributed by atoms with Crippen LogP contribution in [0.1, 0.15) is 11.1 Å². The Bertz CT molecular complexity index is 889. The van der Waals surface area contributed by atoms with Crippen molar-refractivity contribution in [1.29, 1.82) is 0 Å². The first kappa shape index (κ1) is 17.7. The molecule has 0 fully saturated rings. The number of carbonyl (C=O) groups is 1. The predicted octanol–water partition coefficient (Wildman–Crippen LogP) is 3.91. The van der Waals surface area contributed by atoms with Gasteiger partial charge in [0.25, 0.3) is 5.84 Å². The highest BCUT2D eigenvalue weighted by Gasteiger charge is 2.34. The highest BCUT2D eigenvalue weighted by atomic mass is 19.4. The monoisotopic (exact) mass is 364 g/mol. The highest BCUT2D eigenvalue weighted by Crippen LogP contribution is 2.32. The Balaban J connectivity index is 1.66. The number of benzene rings is 2. The molecular formula is C18H14F4N3O+. The van der Waals surface area contributed by atoms with E-state index in [-0.39, 0.29) is 12.1 Å². The minimum absolute atomic E-state index is 0.219. The molecule has 8 heteroatoms. The molecule has 0 bridgehead atoms. The largest absolute Gasteiger partial charge is 0.416 e.